The Kier molecular flexibility index (Phi) is 3.68. The Morgan fingerprint density at radius 1 is 1.15 bits per heavy atom. The topological polar surface area (TPSA) is 104 Å². The van der Waals surface area contributed by atoms with Crippen molar-refractivity contribution in [2.24, 2.45) is 17.8 Å². The Labute approximate surface area is 150 Å². The summed E-state index contributed by atoms with van der Waals surface area (Å²) in [5.41, 5.74) is -0.0575. The van der Waals surface area contributed by atoms with Crippen LogP contribution in [0.15, 0.2) is 11.6 Å². The van der Waals surface area contributed by atoms with Crippen LogP contribution in [0.4, 0.5) is 4.79 Å². The minimum atomic E-state index is -1.35. The molecule has 8 heteroatoms. The second-order valence-corrected chi connectivity index (χ2v) is 8.55. The lowest BCUT2D eigenvalue weighted by Crippen LogP contribution is -2.68. The van der Waals surface area contributed by atoms with Crippen molar-refractivity contribution in [1.29, 1.82) is 0 Å². The highest BCUT2D eigenvalue weighted by Gasteiger charge is 2.68. The van der Waals surface area contributed by atoms with E-state index in [9.17, 15) is 9.90 Å². The molecule has 1 saturated heterocycles. The lowest BCUT2D eigenvalue weighted by Gasteiger charge is -2.62. The van der Waals surface area contributed by atoms with E-state index in [0.29, 0.717) is 30.8 Å². The minimum Gasteiger partial charge on any atom is -0.450 e. The van der Waals surface area contributed by atoms with E-state index < -0.39 is 23.3 Å². The van der Waals surface area contributed by atoms with Gasteiger partial charge in [-0.2, -0.15) is 19.6 Å². The zero-order valence-electron chi connectivity index (χ0n) is 14.5. The molecule has 2 atom stereocenters. The molecule has 26 heavy (non-hydrogen) atoms. The van der Waals surface area contributed by atoms with Crippen LogP contribution in [-0.4, -0.2) is 40.2 Å². The van der Waals surface area contributed by atoms with Crippen LogP contribution in [0.2, 0.25) is 0 Å². The van der Waals surface area contributed by atoms with E-state index in [1.807, 2.05) is 6.08 Å². The summed E-state index contributed by atoms with van der Waals surface area (Å²) in [4.78, 5) is 34.2. The molecule has 1 aliphatic heterocycles. The molecular weight excluding hydrogens is 344 g/mol. The third-order valence-electron chi connectivity index (χ3n) is 6.85. The van der Waals surface area contributed by atoms with E-state index in [2.05, 4.69) is 0 Å². The van der Waals surface area contributed by atoms with Crippen LogP contribution in [0.25, 0.3) is 0 Å². The summed E-state index contributed by atoms with van der Waals surface area (Å²) >= 11 is 0. The first-order chi connectivity index (χ1) is 12.4. The van der Waals surface area contributed by atoms with Gasteiger partial charge in [-0.15, -0.1) is 0 Å². The van der Waals surface area contributed by atoms with Crippen LogP contribution < -0.4 is 0 Å². The smallest absolute Gasteiger partial charge is 0.450 e. The Bertz CT molecular complexity index is 617. The fraction of sp³-hybridized carbons (Fsp3) is 0.833. The molecule has 6 aliphatic rings. The molecule has 0 amide bonds. The first-order valence-corrected chi connectivity index (χ1v) is 9.44. The number of aliphatic hydroxyl groups is 1. The van der Waals surface area contributed by atoms with Crippen molar-refractivity contribution in [2.75, 3.05) is 6.61 Å². The SMILES string of the molecule is O=C(O)OCC1=CCCCC12OOC1(OO2)C2CC3CC1CC(O)(C3)C2. The number of carbonyl (C=O) groups is 1. The van der Waals surface area contributed by atoms with Gasteiger partial charge >= 0.3 is 6.16 Å². The molecule has 2 spiro atoms. The fourth-order valence-electron chi connectivity index (χ4n) is 5.88. The van der Waals surface area contributed by atoms with Crippen LogP contribution in [0.5, 0.6) is 0 Å². The second kappa shape index (κ2) is 5.65. The number of carboxylic acid groups (broad SMARTS) is 1. The Balaban J connectivity index is 1.35. The molecule has 4 bridgehead atoms. The van der Waals surface area contributed by atoms with Gasteiger partial charge in [-0.1, -0.05) is 6.08 Å². The molecule has 6 rings (SSSR count). The predicted octanol–water partition coefficient (Wildman–Crippen LogP) is 2.66. The van der Waals surface area contributed by atoms with Gasteiger partial charge in [0.05, 0.1) is 5.60 Å². The number of ether oxygens (including phenoxy) is 1. The molecular formula is C18H24O8. The maximum Gasteiger partial charge on any atom is 0.506 e. The molecule has 144 valence electrons. The summed E-state index contributed by atoms with van der Waals surface area (Å²) in [6.45, 7) is -0.149. The van der Waals surface area contributed by atoms with Crippen molar-refractivity contribution in [3.05, 3.63) is 11.6 Å². The summed E-state index contributed by atoms with van der Waals surface area (Å²) < 4.78 is 4.70. The molecule has 0 aromatic rings. The number of hydrogen-bond acceptors (Lipinski definition) is 7. The molecule has 5 fully saturated rings. The summed E-state index contributed by atoms with van der Waals surface area (Å²) in [7, 11) is 0. The van der Waals surface area contributed by atoms with Crippen molar-refractivity contribution in [2.45, 2.75) is 68.5 Å². The van der Waals surface area contributed by atoms with Crippen molar-refractivity contribution < 1.29 is 39.3 Å². The standard InChI is InChI=1S/C18H24O8/c19-15(20)22-10-12-3-1-2-4-17(12)23-25-18(26-24-17)13-5-11-6-14(18)9-16(21,7-11)8-13/h3,11,13-14,21H,1-2,4-10H2,(H,19,20). The zero-order chi connectivity index (χ0) is 18.0. The first-order valence-electron chi connectivity index (χ1n) is 9.44. The second-order valence-electron chi connectivity index (χ2n) is 8.55. The summed E-state index contributed by atoms with van der Waals surface area (Å²) in [5.74, 6) is -1.68. The average molecular weight is 368 g/mol. The van der Waals surface area contributed by atoms with Gasteiger partial charge < -0.3 is 14.9 Å². The summed E-state index contributed by atoms with van der Waals surface area (Å²) in [6, 6.07) is 0. The van der Waals surface area contributed by atoms with Crippen molar-refractivity contribution in [1.82, 2.24) is 0 Å². The quantitative estimate of drug-likeness (QED) is 0.436. The Hall–Kier alpha value is -1.19. The molecule has 0 radical (unpaired) electrons. The van der Waals surface area contributed by atoms with Crippen LogP contribution in [0, 0.1) is 17.8 Å². The Morgan fingerprint density at radius 3 is 2.46 bits per heavy atom. The van der Waals surface area contributed by atoms with Crippen LogP contribution in [0.1, 0.15) is 51.4 Å². The predicted molar refractivity (Wildman–Crippen MR) is 84.2 cm³/mol. The van der Waals surface area contributed by atoms with Gasteiger partial charge in [-0.25, -0.2) is 4.79 Å². The lowest BCUT2D eigenvalue weighted by molar-refractivity contribution is -0.673. The third kappa shape index (κ3) is 2.43. The fourth-order valence-corrected chi connectivity index (χ4v) is 5.88. The first kappa shape index (κ1) is 16.9. The molecule has 1 heterocycles. The largest absolute Gasteiger partial charge is 0.506 e. The highest BCUT2D eigenvalue weighted by Crippen LogP contribution is 2.63. The highest BCUT2D eigenvalue weighted by atomic mass is 17.4. The van der Waals surface area contributed by atoms with Gasteiger partial charge in [0.15, 0.2) is 0 Å². The lowest BCUT2D eigenvalue weighted by atomic mass is 9.51. The van der Waals surface area contributed by atoms with Gasteiger partial charge in [-0.3, -0.25) is 0 Å². The van der Waals surface area contributed by atoms with Crippen molar-refractivity contribution in [3.63, 3.8) is 0 Å². The zero-order valence-corrected chi connectivity index (χ0v) is 14.5. The van der Waals surface area contributed by atoms with E-state index in [0.717, 1.165) is 32.1 Å². The van der Waals surface area contributed by atoms with Crippen LogP contribution >= 0.6 is 0 Å². The monoisotopic (exact) mass is 368 g/mol. The normalized spacial score (nSPS) is 49.4. The maximum absolute atomic E-state index is 10.7. The summed E-state index contributed by atoms with van der Waals surface area (Å²) in [6.07, 6.45) is 6.59. The van der Waals surface area contributed by atoms with Gasteiger partial charge in [-0.05, 0) is 50.9 Å². The molecule has 2 N–H and O–H groups in total. The highest BCUT2D eigenvalue weighted by molar-refractivity contribution is 5.57. The molecule has 0 aromatic carbocycles. The van der Waals surface area contributed by atoms with E-state index in [1.165, 1.54) is 0 Å². The van der Waals surface area contributed by atoms with Crippen LogP contribution in [-0.2, 0) is 24.3 Å². The number of hydrogen-bond donors (Lipinski definition) is 2. The van der Waals surface area contributed by atoms with Crippen molar-refractivity contribution >= 4 is 6.16 Å². The number of rotatable bonds is 2. The van der Waals surface area contributed by atoms with E-state index >= 15 is 0 Å². The molecule has 2 unspecified atom stereocenters. The van der Waals surface area contributed by atoms with Gasteiger partial charge in [0.1, 0.15) is 6.61 Å². The van der Waals surface area contributed by atoms with Gasteiger partial charge in [0.25, 0.3) is 5.79 Å². The van der Waals surface area contributed by atoms with E-state index in [1.54, 1.807) is 0 Å². The minimum absolute atomic E-state index is 0.0300. The molecule has 8 nitrogen and oxygen atoms in total. The molecule has 4 saturated carbocycles. The van der Waals surface area contributed by atoms with Gasteiger partial charge in [0.2, 0.25) is 5.79 Å². The van der Waals surface area contributed by atoms with E-state index in [4.69, 9.17) is 29.4 Å². The third-order valence-corrected chi connectivity index (χ3v) is 6.85. The Morgan fingerprint density at radius 2 is 1.85 bits per heavy atom. The average Bonchev–Trinajstić information content (AvgIpc) is 2.59. The summed E-state index contributed by atoms with van der Waals surface area (Å²) in [5, 5.41) is 19.5. The number of allylic oxidation sites excluding steroid dienone is 1. The molecule has 5 aliphatic carbocycles. The maximum atomic E-state index is 10.7. The van der Waals surface area contributed by atoms with Crippen LogP contribution in [0.3, 0.4) is 0 Å². The van der Waals surface area contributed by atoms with Crippen molar-refractivity contribution in [3.8, 4) is 0 Å². The van der Waals surface area contributed by atoms with E-state index in [-0.39, 0.29) is 18.4 Å². The molecule has 0 aromatic heterocycles. The van der Waals surface area contributed by atoms with Gasteiger partial charge in [0, 0.05) is 23.8 Å².